The summed E-state index contributed by atoms with van der Waals surface area (Å²) in [5, 5.41) is 0. The van der Waals surface area contributed by atoms with Gasteiger partial charge in [-0.15, -0.1) is 0 Å². The molecule has 1 fully saturated rings. The van der Waals surface area contributed by atoms with E-state index in [1.807, 2.05) is 91.0 Å². The van der Waals surface area contributed by atoms with Crippen molar-refractivity contribution in [1.29, 1.82) is 0 Å². The van der Waals surface area contributed by atoms with E-state index in [2.05, 4.69) is 0 Å². The molecule has 208 valence electrons. The first-order valence-electron chi connectivity index (χ1n) is 12.6. The van der Waals surface area contributed by atoms with Crippen LogP contribution in [-0.4, -0.2) is 27.9 Å². The fourth-order valence-corrected chi connectivity index (χ4v) is 6.22. The second-order valence-corrected chi connectivity index (χ2v) is 13.6. The van der Waals surface area contributed by atoms with Gasteiger partial charge < -0.3 is 9.47 Å². The van der Waals surface area contributed by atoms with Crippen LogP contribution in [0.5, 0.6) is 0 Å². The van der Waals surface area contributed by atoms with E-state index in [9.17, 15) is 14.2 Å². The predicted octanol–water partition coefficient (Wildman–Crippen LogP) is 5.81. The van der Waals surface area contributed by atoms with Crippen molar-refractivity contribution in [2.45, 2.75) is 30.5 Å². The van der Waals surface area contributed by atoms with Gasteiger partial charge in [0.15, 0.2) is 0 Å². The molecule has 0 unspecified atom stereocenters. The molecule has 0 radical (unpaired) electrons. The van der Waals surface area contributed by atoms with Crippen LogP contribution in [0.25, 0.3) is 0 Å². The van der Waals surface area contributed by atoms with Crippen molar-refractivity contribution in [3.05, 3.63) is 141 Å². The third-order valence-corrected chi connectivity index (χ3v) is 7.96. The molecule has 0 N–H and O–H groups in total. The van der Waals surface area contributed by atoms with Crippen molar-refractivity contribution in [1.82, 2.24) is 9.13 Å². The number of hydrogen-bond donors (Lipinski definition) is 0. The summed E-state index contributed by atoms with van der Waals surface area (Å²) in [5.41, 5.74) is 0.591. The molecule has 1 saturated heterocycles. The average Bonchev–Trinajstić information content (AvgIpc) is 3.34. The molecule has 5 rings (SSSR count). The fraction of sp³-hybridized carbons (Fsp3) is 0.241. The van der Waals surface area contributed by atoms with Crippen LogP contribution in [0.2, 0.25) is 0 Å². The van der Waals surface area contributed by atoms with E-state index < -0.39 is 41.4 Å². The molecular weight excluding hydrogens is 574 g/mol. The van der Waals surface area contributed by atoms with Crippen LogP contribution in [-0.2, 0) is 31.2 Å². The Morgan fingerprint density at radius 3 is 1.85 bits per heavy atom. The third kappa shape index (κ3) is 5.88. The lowest BCUT2D eigenvalue weighted by Gasteiger charge is -2.37. The van der Waals surface area contributed by atoms with Gasteiger partial charge in [-0.3, -0.25) is 23.0 Å². The number of halogens is 2. The summed E-state index contributed by atoms with van der Waals surface area (Å²) in [7, 11) is 1.38. The highest BCUT2D eigenvalue weighted by molar-refractivity contribution is 8.05. The topological polar surface area (TPSA) is 88.8 Å². The van der Waals surface area contributed by atoms with Gasteiger partial charge in [0.1, 0.15) is 24.0 Å². The fourth-order valence-electron chi connectivity index (χ4n) is 5.07. The zero-order valence-electron chi connectivity index (χ0n) is 21.5. The predicted molar refractivity (Wildman–Crippen MR) is 154 cm³/mol. The van der Waals surface area contributed by atoms with Crippen molar-refractivity contribution in [2.75, 3.05) is 6.61 Å². The molecule has 3 aromatic carbocycles. The lowest BCUT2D eigenvalue weighted by molar-refractivity contribution is -0.0911. The van der Waals surface area contributed by atoms with Crippen molar-refractivity contribution >= 4 is 28.6 Å². The SMILES string of the molecule is Cn1c(=O)ccn([C@H]2C[C@H](OP(=O)(Cl)Cl)[C@@H](COC(c3ccccc3)(c3ccccc3)c3ccccc3)O2)c1=O. The molecule has 8 nitrogen and oxygen atoms in total. The standard InChI is InChI=1S/C29H27Cl2N2O6P/c1-32-26(34)17-18-33(28(32)35)27-19-24(39-40(30,31)36)25(38-27)20-37-29(21-11-5-2-6-12-21,22-13-7-3-8-14-22)23-15-9-4-10-16-23/h2-18,24-25,27H,19-20H2,1H3/t24-,25+,27+/m0/s1. The third-order valence-electron chi connectivity index (χ3n) is 6.97. The van der Waals surface area contributed by atoms with Gasteiger partial charge in [0, 0.05) is 25.7 Å². The van der Waals surface area contributed by atoms with Gasteiger partial charge in [-0.25, -0.2) is 4.79 Å². The quantitative estimate of drug-likeness (QED) is 0.178. The maximum atomic E-state index is 12.8. The van der Waals surface area contributed by atoms with Crippen LogP contribution in [0.3, 0.4) is 0 Å². The van der Waals surface area contributed by atoms with Gasteiger partial charge >= 0.3 is 11.8 Å². The molecule has 0 saturated carbocycles. The van der Waals surface area contributed by atoms with Crippen molar-refractivity contribution in [2.24, 2.45) is 7.05 Å². The molecule has 2 heterocycles. The lowest BCUT2D eigenvalue weighted by atomic mass is 9.80. The van der Waals surface area contributed by atoms with Crippen LogP contribution >= 0.6 is 28.6 Å². The highest BCUT2D eigenvalue weighted by atomic mass is 35.9. The second kappa shape index (κ2) is 11.9. The summed E-state index contributed by atoms with van der Waals surface area (Å²) in [5.74, 6) is 0. The summed E-state index contributed by atoms with van der Waals surface area (Å²) in [6.07, 6.45) is -5.02. The Hall–Kier alpha value is -2.97. The molecule has 3 atom stereocenters. The zero-order valence-corrected chi connectivity index (χ0v) is 23.9. The highest BCUT2D eigenvalue weighted by Crippen LogP contribution is 2.60. The molecule has 0 aliphatic carbocycles. The number of benzene rings is 3. The summed E-state index contributed by atoms with van der Waals surface area (Å²) in [6, 6.07) is 30.6. The molecule has 0 spiro atoms. The Labute approximate surface area is 240 Å². The maximum Gasteiger partial charge on any atom is 0.380 e. The van der Waals surface area contributed by atoms with E-state index in [4.69, 9.17) is 36.5 Å². The minimum Gasteiger partial charge on any atom is -0.358 e. The van der Waals surface area contributed by atoms with E-state index in [-0.39, 0.29) is 13.0 Å². The molecule has 1 aliphatic rings. The van der Waals surface area contributed by atoms with E-state index in [0.717, 1.165) is 21.3 Å². The van der Waals surface area contributed by atoms with Crippen molar-refractivity contribution in [3.8, 4) is 0 Å². The molecule has 1 aliphatic heterocycles. The van der Waals surface area contributed by atoms with Gasteiger partial charge in [-0.2, -0.15) is 0 Å². The normalized spacial score (nSPS) is 19.5. The Balaban J connectivity index is 1.55. The smallest absolute Gasteiger partial charge is 0.358 e. The summed E-state index contributed by atoms with van der Waals surface area (Å²) >= 11 is 11.6. The highest BCUT2D eigenvalue weighted by Gasteiger charge is 2.44. The lowest BCUT2D eigenvalue weighted by Crippen LogP contribution is -2.39. The minimum atomic E-state index is -3.97. The van der Waals surface area contributed by atoms with E-state index in [0.29, 0.717) is 0 Å². The van der Waals surface area contributed by atoms with Crippen LogP contribution in [0.15, 0.2) is 113 Å². The number of hydrogen-bond acceptors (Lipinski definition) is 6. The second-order valence-electron chi connectivity index (χ2n) is 9.42. The van der Waals surface area contributed by atoms with E-state index in [1.165, 1.54) is 23.9 Å². The van der Waals surface area contributed by atoms with Crippen LogP contribution in [0.4, 0.5) is 0 Å². The number of aromatic nitrogens is 2. The molecule has 1 aromatic heterocycles. The molecule has 11 heteroatoms. The van der Waals surface area contributed by atoms with Gasteiger partial charge in [-0.05, 0) is 39.2 Å². The van der Waals surface area contributed by atoms with Gasteiger partial charge in [0.25, 0.3) is 5.56 Å². The van der Waals surface area contributed by atoms with Gasteiger partial charge in [0.2, 0.25) is 0 Å². The monoisotopic (exact) mass is 600 g/mol. The molecular formula is C29H27Cl2N2O6P. The van der Waals surface area contributed by atoms with E-state index in [1.54, 1.807) is 0 Å². The number of ether oxygens (including phenoxy) is 2. The largest absolute Gasteiger partial charge is 0.380 e. The molecule has 40 heavy (non-hydrogen) atoms. The first kappa shape index (κ1) is 28.6. The number of nitrogens with zero attached hydrogens (tertiary/aromatic N) is 2. The minimum absolute atomic E-state index is 0.0336. The Morgan fingerprint density at radius 2 is 1.38 bits per heavy atom. The summed E-state index contributed by atoms with van der Waals surface area (Å²) in [6.45, 7) is -0.0336. The Kier molecular flexibility index (Phi) is 8.47. The summed E-state index contributed by atoms with van der Waals surface area (Å²) < 4.78 is 33.2. The molecule has 4 aromatic rings. The average molecular weight is 601 g/mol. The zero-order chi connectivity index (χ0) is 28.3. The maximum absolute atomic E-state index is 12.8. The summed E-state index contributed by atoms with van der Waals surface area (Å²) in [4.78, 5) is 24.7. The number of rotatable bonds is 9. The molecule has 0 bridgehead atoms. The van der Waals surface area contributed by atoms with Crippen LogP contribution < -0.4 is 11.2 Å². The Morgan fingerprint density at radius 1 is 0.875 bits per heavy atom. The van der Waals surface area contributed by atoms with E-state index >= 15 is 0 Å². The first-order chi connectivity index (χ1) is 19.2. The van der Waals surface area contributed by atoms with Gasteiger partial charge in [-0.1, -0.05) is 91.0 Å². The first-order valence-corrected chi connectivity index (χ1v) is 16.0. The van der Waals surface area contributed by atoms with Crippen LogP contribution in [0.1, 0.15) is 29.3 Å². The van der Waals surface area contributed by atoms with Gasteiger partial charge in [0.05, 0.1) is 6.61 Å². The Bertz CT molecular complexity index is 1510. The molecule has 0 amide bonds. The van der Waals surface area contributed by atoms with Crippen molar-refractivity contribution < 1.29 is 18.6 Å². The van der Waals surface area contributed by atoms with Crippen LogP contribution in [0, 0.1) is 0 Å². The van der Waals surface area contributed by atoms with Crippen molar-refractivity contribution in [3.63, 3.8) is 0 Å².